The number of hydrogen-bond acceptors (Lipinski definition) is 2. The van der Waals surface area contributed by atoms with Crippen molar-refractivity contribution in [3.63, 3.8) is 0 Å². The highest BCUT2D eigenvalue weighted by Crippen LogP contribution is 2.46. The molecule has 0 aromatic carbocycles. The lowest BCUT2D eigenvalue weighted by Gasteiger charge is -1.92. The number of carbonyl (C=O) groups is 1. The maximum absolute atomic E-state index is 10.4. The lowest BCUT2D eigenvalue weighted by molar-refractivity contribution is -0.137. The van der Waals surface area contributed by atoms with Crippen molar-refractivity contribution < 1.29 is 9.90 Å². The first-order valence-electron chi connectivity index (χ1n) is 9.06. The molecule has 23 heavy (non-hydrogen) atoms. The summed E-state index contributed by atoms with van der Waals surface area (Å²) in [5.74, 6) is -0.703. The van der Waals surface area contributed by atoms with Crippen LogP contribution in [0.3, 0.4) is 0 Å². The molecule has 1 fully saturated rings. The molecule has 2 nitrogen and oxygen atoms in total. The zero-order valence-electron chi connectivity index (χ0n) is 14.5. The lowest BCUT2D eigenvalue weighted by atomic mass is 10.1. The van der Waals surface area contributed by atoms with Crippen LogP contribution in [0.2, 0.25) is 0 Å². The summed E-state index contributed by atoms with van der Waals surface area (Å²) >= 11 is 2.11. The third-order valence-corrected chi connectivity index (χ3v) is 5.36. The van der Waals surface area contributed by atoms with Crippen molar-refractivity contribution in [1.82, 2.24) is 0 Å². The Morgan fingerprint density at radius 3 is 2.22 bits per heavy atom. The maximum Gasteiger partial charge on any atom is 0.303 e. The van der Waals surface area contributed by atoms with E-state index in [1.807, 2.05) is 0 Å². The van der Waals surface area contributed by atoms with Gasteiger partial charge in [-0.05, 0) is 44.9 Å². The fraction of sp³-hybridized carbons (Fsp3) is 0.650. The first-order chi connectivity index (χ1) is 11.2. The normalized spacial score (nSPS) is 20.9. The molecule has 3 heteroatoms. The fourth-order valence-corrected chi connectivity index (χ4v) is 3.47. The highest BCUT2D eigenvalue weighted by Gasteiger charge is 2.35. The smallest absolute Gasteiger partial charge is 0.303 e. The van der Waals surface area contributed by atoms with Crippen LogP contribution in [0.5, 0.6) is 0 Å². The number of aliphatic carboxylic acids is 1. The molecule has 0 amide bonds. The second-order valence-electron chi connectivity index (χ2n) is 6.12. The summed E-state index contributed by atoms with van der Waals surface area (Å²) < 4.78 is 0. The summed E-state index contributed by atoms with van der Waals surface area (Å²) in [7, 11) is 0. The molecule has 0 aliphatic carbocycles. The summed E-state index contributed by atoms with van der Waals surface area (Å²) in [5.41, 5.74) is 0. The molecule has 0 bridgehead atoms. The molecular formula is C20H32O2S. The fourth-order valence-electron chi connectivity index (χ4n) is 2.44. The minimum atomic E-state index is -0.703. The second kappa shape index (κ2) is 13.5. The van der Waals surface area contributed by atoms with Gasteiger partial charge in [0.2, 0.25) is 0 Å². The average molecular weight is 337 g/mol. The van der Waals surface area contributed by atoms with E-state index in [1.165, 1.54) is 38.5 Å². The van der Waals surface area contributed by atoms with Crippen molar-refractivity contribution >= 4 is 17.7 Å². The average Bonchev–Trinajstić information content (AvgIpc) is 3.27. The van der Waals surface area contributed by atoms with E-state index in [1.54, 1.807) is 0 Å². The van der Waals surface area contributed by atoms with Crippen molar-refractivity contribution in [2.45, 2.75) is 81.6 Å². The van der Waals surface area contributed by atoms with Gasteiger partial charge in [0, 0.05) is 16.9 Å². The van der Waals surface area contributed by atoms with Crippen molar-refractivity contribution in [2.24, 2.45) is 0 Å². The topological polar surface area (TPSA) is 37.3 Å². The highest BCUT2D eigenvalue weighted by molar-refractivity contribution is 8.07. The number of thioether (sulfide) groups is 1. The van der Waals surface area contributed by atoms with Crippen LogP contribution in [0.15, 0.2) is 36.5 Å². The van der Waals surface area contributed by atoms with Gasteiger partial charge < -0.3 is 5.11 Å². The van der Waals surface area contributed by atoms with Crippen LogP contribution >= 0.6 is 11.8 Å². The van der Waals surface area contributed by atoms with E-state index in [0.29, 0.717) is 0 Å². The summed E-state index contributed by atoms with van der Waals surface area (Å²) in [5, 5.41) is 10.2. The molecule has 0 saturated carbocycles. The van der Waals surface area contributed by atoms with E-state index >= 15 is 0 Å². The number of unbranched alkanes of at least 4 members (excludes halogenated alkanes) is 4. The van der Waals surface area contributed by atoms with Crippen molar-refractivity contribution in [3.05, 3.63) is 36.5 Å². The van der Waals surface area contributed by atoms with Gasteiger partial charge >= 0.3 is 5.97 Å². The van der Waals surface area contributed by atoms with Gasteiger partial charge in [0.15, 0.2) is 0 Å². The Kier molecular flexibility index (Phi) is 11.8. The summed E-state index contributed by atoms with van der Waals surface area (Å²) in [4.78, 5) is 10.4. The van der Waals surface area contributed by atoms with Gasteiger partial charge in [0.05, 0.1) is 0 Å². The molecule has 1 rings (SSSR count). The molecule has 1 aliphatic rings. The molecule has 1 saturated heterocycles. The molecular weight excluding hydrogens is 304 g/mol. The number of carboxylic acids is 1. The Morgan fingerprint density at radius 2 is 1.52 bits per heavy atom. The summed E-state index contributed by atoms with van der Waals surface area (Å²) in [6, 6.07) is 0. The zero-order chi connectivity index (χ0) is 16.8. The van der Waals surface area contributed by atoms with E-state index in [2.05, 4.69) is 55.1 Å². The summed E-state index contributed by atoms with van der Waals surface area (Å²) in [6.07, 6.45) is 24.0. The van der Waals surface area contributed by atoms with Crippen LogP contribution in [-0.4, -0.2) is 21.6 Å². The Labute approximate surface area is 146 Å². The van der Waals surface area contributed by atoms with Crippen LogP contribution < -0.4 is 0 Å². The first-order valence-corrected chi connectivity index (χ1v) is 10.0. The molecule has 2 unspecified atom stereocenters. The molecule has 0 radical (unpaired) electrons. The van der Waals surface area contributed by atoms with E-state index in [-0.39, 0.29) is 6.42 Å². The Bertz CT molecular complexity index is 398. The van der Waals surface area contributed by atoms with Gasteiger partial charge in [0.1, 0.15) is 0 Å². The molecule has 1 heterocycles. The van der Waals surface area contributed by atoms with Crippen LogP contribution in [0.1, 0.15) is 71.1 Å². The second-order valence-corrected chi connectivity index (χ2v) is 7.60. The monoisotopic (exact) mass is 336 g/mol. The van der Waals surface area contributed by atoms with Gasteiger partial charge in [0.25, 0.3) is 0 Å². The molecule has 2 atom stereocenters. The van der Waals surface area contributed by atoms with E-state index in [4.69, 9.17) is 5.11 Å². The number of allylic oxidation sites excluding steroid dienone is 6. The SMILES string of the molecule is CCCCC/C=C/CC1SC1C/C=C/C/C=C/CCCC(=O)O. The van der Waals surface area contributed by atoms with Gasteiger partial charge in [-0.2, -0.15) is 11.8 Å². The number of carboxylic acid groups (broad SMARTS) is 1. The van der Waals surface area contributed by atoms with Crippen LogP contribution in [0.25, 0.3) is 0 Å². The molecule has 0 aromatic rings. The molecule has 130 valence electrons. The van der Waals surface area contributed by atoms with Crippen molar-refractivity contribution in [3.8, 4) is 0 Å². The Morgan fingerprint density at radius 1 is 0.913 bits per heavy atom. The maximum atomic E-state index is 10.4. The predicted octanol–water partition coefficient (Wildman–Crippen LogP) is 6.14. The Hall–Kier alpha value is -0.960. The minimum Gasteiger partial charge on any atom is -0.481 e. The van der Waals surface area contributed by atoms with Crippen molar-refractivity contribution in [2.75, 3.05) is 0 Å². The predicted molar refractivity (Wildman–Crippen MR) is 102 cm³/mol. The summed E-state index contributed by atoms with van der Waals surface area (Å²) in [6.45, 7) is 2.25. The van der Waals surface area contributed by atoms with Crippen LogP contribution in [-0.2, 0) is 4.79 Å². The number of hydrogen-bond donors (Lipinski definition) is 1. The quantitative estimate of drug-likeness (QED) is 0.235. The van der Waals surface area contributed by atoms with Gasteiger partial charge in [-0.15, -0.1) is 0 Å². The van der Waals surface area contributed by atoms with E-state index in [9.17, 15) is 4.79 Å². The van der Waals surface area contributed by atoms with Crippen molar-refractivity contribution in [1.29, 1.82) is 0 Å². The van der Waals surface area contributed by atoms with E-state index < -0.39 is 5.97 Å². The van der Waals surface area contributed by atoms with E-state index in [0.717, 1.165) is 29.8 Å². The third kappa shape index (κ3) is 12.2. The van der Waals surface area contributed by atoms with Gasteiger partial charge in [-0.25, -0.2) is 0 Å². The molecule has 1 aliphatic heterocycles. The third-order valence-electron chi connectivity index (χ3n) is 3.93. The highest BCUT2D eigenvalue weighted by atomic mass is 32.2. The minimum absolute atomic E-state index is 0.271. The molecule has 0 spiro atoms. The van der Waals surface area contributed by atoms with Crippen LogP contribution in [0.4, 0.5) is 0 Å². The molecule has 1 N–H and O–H groups in total. The largest absolute Gasteiger partial charge is 0.481 e. The van der Waals surface area contributed by atoms with Gasteiger partial charge in [-0.1, -0.05) is 56.2 Å². The first kappa shape index (κ1) is 20.1. The van der Waals surface area contributed by atoms with Gasteiger partial charge in [-0.3, -0.25) is 4.79 Å². The zero-order valence-corrected chi connectivity index (χ0v) is 15.3. The number of rotatable bonds is 14. The standard InChI is InChI=1S/C20H32O2S/c1-2-3-4-5-9-12-15-18-19(23-18)16-13-10-7-6-8-11-14-17-20(21)22/h6,8-10,12-13,18-19H,2-5,7,11,14-17H2,1H3,(H,21,22)/b8-6+,12-9+,13-10+. The Balaban J connectivity index is 1.92. The molecule has 0 aromatic heterocycles. The lowest BCUT2D eigenvalue weighted by Crippen LogP contribution is -1.92. The van der Waals surface area contributed by atoms with Crippen LogP contribution in [0, 0.1) is 0 Å².